The predicted octanol–water partition coefficient (Wildman–Crippen LogP) is 1.44. The number of carbonyl (C=O) groups excluding carboxylic acids is 2. The molecule has 0 radical (unpaired) electrons. The van der Waals surface area contributed by atoms with Crippen LogP contribution in [0.15, 0.2) is 47.4 Å². The van der Waals surface area contributed by atoms with Crippen molar-refractivity contribution in [3.8, 4) is 5.75 Å². The lowest BCUT2D eigenvalue weighted by Gasteiger charge is -2.18. The summed E-state index contributed by atoms with van der Waals surface area (Å²) in [4.78, 5) is 22.6. The number of nitrogens with zero attached hydrogens (tertiary/aromatic N) is 1. The molecule has 150 valence electrons. The van der Waals surface area contributed by atoms with E-state index < -0.39 is 33.2 Å². The van der Waals surface area contributed by atoms with Crippen molar-refractivity contribution in [1.29, 1.82) is 0 Å². The third kappa shape index (κ3) is 5.05. The number of benzene rings is 2. The third-order valence-corrected chi connectivity index (χ3v) is 5.61. The number of amides is 2. The first-order valence-electron chi connectivity index (χ1n) is 8.11. The van der Waals surface area contributed by atoms with Crippen molar-refractivity contribution >= 4 is 21.8 Å². The largest absolute Gasteiger partial charge is 0.497 e. The molecular weight excluding hydrogens is 389 g/mol. The molecule has 0 aliphatic rings. The second-order valence-corrected chi connectivity index (χ2v) is 7.93. The maximum absolute atomic E-state index is 14.0. The maximum Gasteiger partial charge on any atom is 0.272 e. The Morgan fingerprint density at radius 1 is 1.11 bits per heavy atom. The summed E-state index contributed by atoms with van der Waals surface area (Å²) in [6.07, 6.45) is 0. The second-order valence-electron chi connectivity index (χ2n) is 5.89. The number of halogens is 1. The van der Waals surface area contributed by atoms with Crippen LogP contribution in [0.2, 0.25) is 0 Å². The van der Waals surface area contributed by atoms with E-state index in [-0.39, 0.29) is 11.4 Å². The zero-order valence-corrected chi connectivity index (χ0v) is 16.3. The number of carbonyl (C=O) groups is 2. The van der Waals surface area contributed by atoms with Crippen LogP contribution in [-0.4, -0.2) is 38.7 Å². The van der Waals surface area contributed by atoms with Gasteiger partial charge >= 0.3 is 0 Å². The number of hydrogen-bond acceptors (Lipinski definition) is 5. The Balaban J connectivity index is 2.24. The molecule has 10 heteroatoms. The molecule has 2 amide bonds. The molecule has 0 aliphatic heterocycles. The van der Waals surface area contributed by atoms with Gasteiger partial charge in [0.1, 0.15) is 11.6 Å². The molecular formula is C18H20FN3O5S. The van der Waals surface area contributed by atoms with Crippen LogP contribution in [-0.2, 0) is 21.4 Å². The van der Waals surface area contributed by atoms with Crippen LogP contribution in [0, 0.1) is 5.82 Å². The highest BCUT2D eigenvalue weighted by Crippen LogP contribution is 2.21. The van der Waals surface area contributed by atoms with E-state index in [1.165, 1.54) is 14.2 Å². The van der Waals surface area contributed by atoms with Crippen molar-refractivity contribution in [2.24, 2.45) is 0 Å². The number of hydrogen-bond donors (Lipinski definition) is 2. The van der Waals surface area contributed by atoms with Crippen LogP contribution in [0.5, 0.6) is 5.75 Å². The number of hydrazine groups is 1. The van der Waals surface area contributed by atoms with Crippen LogP contribution in [0.4, 0.5) is 4.39 Å². The molecule has 8 nitrogen and oxygen atoms in total. The molecule has 0 unspecified atom stereocenters. The first-order valence-corrected chi connectivity index (χ1v) is 9.55. The molecule has 0 fully saturated rings. The summed E-state index contributed by atoms with van der Waals surface area (Å²) in [6, 6.07) is 9.74. The molecule has 0 aromatic heterocycles. The third-order valence-electron chi connectivity index (χ3n) is 3.81. The average Bonchev–Trinajstić information content (AvgIpc) is 2.66. The first kappa shape index (κ1) is 21.3. The zero-order chi connectivity index (χ0) is 20.9. The molecule has 28 heavy (non-hydrogen) atoms. The van der Waals surface area contributed by atoms with E-state index in [1.54, 1.807) is 24.3 Å². The molecule has 2 aromatic carbocycles. The smallest absolute Gasteiger partial charge is 0.272 e. The molecule has 2 rings (SSSR count). The van der Waals surface area contributed by atoms with Crippen molar-refractivity contribution in [2.45, 2.75) is 18.4 Å². The Morgan fingerprint density at radius 3 is 2.32 bits per heavy atom. The Kier molecular flexibility index (Phi) is 6.71. The molecule has 2 N–H and O–H groups in total. The molecule has 0 saturated carbocycles. The van der Waals surface area contributed by atoms with Crippen LogP contribution < -0.4 is 15.6 Å². The Bertz CT molecular complexity index is 977. The van der Waals surface area contributed by atoms with Crippen molar-refractivity contribution in [3.05, 3.63) is 59.4 Å². The van der Waals surface area contributed by atoms with Crippen molar-refractivity contribution < 1.29 is 27.1 Å². The Labute approximate surface area is 162 Å². The van der Waals surface area contributed by atoms with Gasteiger partial charge in [0.15, 0.2) is 0 Å². The van der Waals surface area contributed by atoms with Crippen molar-refractivity contribution in [3.63, 3.8) is 0 Å². The fourth-order valence-corrected chi connectivity index (χ4v) is 3.49. The van der Waals surface area contributed by atoms with Gasteiger partial charge in [-0.15, -0.1) is 0 Å². The van der Waals surface area contributed by atoms with Crippen LogP contribution in [0.25, 0.3) is 0 Å². The van der Waals surface area contributed by atoms with E-state index in [9.17, 15) is 22.4 Å². The van der Waals surface area contributed by atoms with Gasteiger partial charge in [0.05, 0.1) is 17.6 Å². The average molecular weight is 409 g/mol. The minimum Gasteiger partial charge on any atom is -0.497 e. The molecule has 2 aromatic rings. The number of nitrogens with one attached hydrogen (secondary N) is 2. The summed E-state index contributed by atoms with van der Waals surface area (Å²) in [7, 11) is -1.09. The van der Waals surface area contributed by atoms with Crippen LogP contribution in [0.3, 0.4) is 0 Å². The lowest BCUT2D eigenvalue weighted by atomic mass is 10.2. The van der Waals surface area contributed by atoms with Gasteiger partial charge in [0, 0.05) is 20.5 Å². The van der Waals surface area contributed by atoms with Crippen LogP contribution >= 0.6 is 0 Å². The van der Waals surface area contributed by atoms with E-state index in [4.69, 9.17) is 4.74 Å². The van der Waals surface area contributed by atoms with E-state index in [2.05, 4.69) is 0 Å². The molecule has 0 atom stereocenters. The summed E-state index contributed by atoms with van der Waals surface area (Å²) < 4.78 is 45.7. The number of sulfonamides is 1. The highest BCUT2D eigenvalue weighted by molar-refractivity contribution is 7.89. The van der Waals surface area contributed by atoms with E-state index in [0.29, 0.717) is 5.75 Å². The zero-order valence-electron chi connectivity index (χ0n) is 15.5. The molecule has 0 bridgehead atoms. The molecule has 0 saturated heterocycles. The van der Waals surface area contributed by atoms with Crippen molar-refractivity contribution in [2.75, 3.05) is 14.2 Å². The standard InChI is InChI=1S/C18H20FN3O5S/c1-12(23)20-21-18(24)16-10-15(8-9-17(16)19)28(25,26)22(2)11-13-4-6-14(27-3)7-5-13/h4-10H,11H2,1-3H3,(H,20,23)(H,21,24). The van der Waals surface area contributed by atoms with Gasteiger partial charge in [-0.05, 0) is 35.9 Å². The van der Waals surface area contributed by atoms with Crippen molar-refractivity contribution in [1.82, 2.24) is 15.2 Å². The summed E-state index contributed by atoms with van der Waals surface area (Å²) >= 11 is 0. The minimum absolute atomic E-state index is 0.0666. The Morgan fingerprint density at radius 2 is 1.75 bits per heavy atom. The van der Waals surface area contributed by atoms with Gasteiger partial charge in [-0.1, -0.05) is 12.1 Å². The SMILES string of the molecule is COc1ccc(CN(C)S(=O)(=O)c2ccc(F)c(C(=O)NNC(C)=O)c2)cc1. The van der Waals surface area contributed by atoms with Gasteiger partial charge in [-0.3, -0.25) is 20.4 Å². The van der Waals surface area contributed by atoms with E-state index in [1.807, 2.05) is 10.9 Å². The maximum atomic E-state index is 14.0. The lowest BCUT2D eigenvalue weighted by molar-refractivity contribution is -0.119. The number of rotatable bonds is 6. The van der Waals surface area contributed by atoms with Gasteiger partial charge < -0.3 is 4.74 Å². The monoisotopic (exact) mass is 409 g/mol. The fourth-order valence-electron chi connectivity index (χ4n) is 2.30. The van der Waals surface area contributed by atoms with Gasteiger partial charge in [0.2, 0.25) is 15.9 Å². The lowest BCUT2D eigenvalue weighted by Crippen LogP contribution is -2.40. The second kappa shape index (κ2) is 8.81. The minimum atomic E-state index is -3.99. The summed E-state index contributed by atoms with van der Waals surface area (Å²) in [6.45, 7) is 1.22. The topological polar surface area (TPSA) is 105 Å². The molecule has 0 spiro atoms. The van der Waals surface area contributed by atoms with Gasteiger partial charge in [0.25, 0.3) is 5.91 Å². The molecule has 0 aliphatic carbocycles. The van der Waals surface area contributed by atoms with Gasteiger partial charge in [-0.25, -0.2) is 12.8 Å². The highest BCUT2D eigenvalue weighted by atomic mass is 32.2. The summed E-state index contributed by atoms with van der Waals surface area (Å²) in [5, 5.41) is 0. The Hall–Kier alpha value is -2.98. The number of ether oxygens (including phenoxy) is 1. The first-order chi connectivity index (χ1) is 13.1. The normalized spacial score (nSPS) is 11.2. The summed E-state index contributed by atoms with van der Waals surface area (Å²) in [5.41, 5.74) is 4.23. The quantitative estimate of drug-likeness (QED) is 0.703. The van der Waals surface area contributed by atoms with Crippen LogP contribution in [0.1, 0.15) is 22.8 Å². The fraction of sp³-hybridized carbons (Fsp3) is 0.222. The highest BCUT2D eigenvalue weighted by Gasteiger charge is 2.24. The number of methoxy groups -OCH3 is 1. The van der Waals surface area contributed by atoms with E-state index >= 15 is 0 Å². The van der Waals surface area contributed by atoms with Gasteiger partial charge in [-0.2, -0.15) is 4.31 Å². The molecule has 0 heterocycles. The predicted molar refractivity (Wildman–Crippen MR) is 99.3 cm³/mol. The summed E-state index contributed by atoms with van der Waals surface area (Å²) in [5.74, 6) is -1.80. The van der Waals surface area contributed by atoms with E-state index in [0.717, 1.165) is 35.0 Å².